The SMILES string of the molecule is CC(C)(C)N1CCN(CC2NCCCN2)CC1. The Morgan fingerprint density at radius 3 is 2.12 bits per heavy atom. The van der Waals surface area contributed by atoms with E-state index < -0.39 is 0 Å². The van der Waals surface area contributed by atoms with E-state index in [9.17, 15) is 0 Å². The molecule has 0 radical (unpaired) electrons. The van der Waals surface area contributed by atoms with Crippen LogP contribution in [0.3, 0.4) is 0 Å². The van der Waals surface area contributed by atoms with Gasteiger partial charge >= 0.3 is 0 Å². The number of rotatable bonds is 2. The van der Waals surface area contributed by atoms with Crippen LogP contribution in [0.2, 0.25) is 0 Å². The molecule has 0 spiro atoms. The molecule has 17 heavy (non-hydrogen) atoms. The lowest BCUT2D eigenvalue weighted by molar-refractivity contribution is 0.0550. The van der Waals surface area contributed by atoms with E-state index in [0.717, 1.165) is 6.54 Å². The lowest BCUT2D eigenvalue weighted by Crippen LogP contribution is -2.59. The van der Waals surface area contributed by atoms with Crippen LogP contribution < -0.4 is 10.6 Å². The Kier molecular flexibility index (Phi) is 4.42. The molecule has 2 heterocycles. The van der Waals surface area contributed by atoms with Gasteiger partial charge in [0, 0.05) is 38.3 Å². The van der Waals surface area contributed by atoms with E-state index in [4.69, 9.17) is 0 Å². The molecule has 2 aliphatic rings. The lowest BCUT2D eigenvalue weighted by atomic mass is 10.0. The fraction of sp³-hybridized carbons (Fsp3) is 1.00. The molecule has 0 aromatic carbocycles. The second-order valence-corrected chi connectivity index (χ2v) is 6.27. The molecule has 2 rings (SSSR count). The number of nitrogens with zero attached hydrogens (tertiary/aromatic N) is 2. The summed E-state index contributed by atoms with van der Waals surface area (Å²) in [5.41, 5.74) is 0.327. The lowest BCUT2D eigenvalue weighted by Gasteiger charge is -2.43. The quantitative estimate of drug-likeness (QED) is 0.727. The van der Waals surface area contributed by atoms with Gasteiger partial charge in [0.2, 0.25) is 0 Å². The molecule has 0 aromatic rings. The van der Waals surface area contributed by atoms with Gasteiger partial charge in [0.1, 0.15) is 0 Å². The Hall–Kier alpha value is -0.160. The van der Waals surface area contributed by atoms with Crippen molar-refractivity contribution in [2.45, 2.75) is 38.9 Å². The molecular formula is C13H28N4. The van der Waals surface area contributed by atoms with Gasteiger partial charge in [0.15, 0.2) is 0 Å². The molecule has 2 fully saturated rings. The first-order valence-electron chi connectivity index (χ1n) is 7.00. The van der Waals surface area contributed by atoms with Crippen LogP contribution in [0.15, 0.2) is 0 Å². The first kappa shape index (κ1) is 13.3. The first-order valence-corrected chi connectivity index (χ1v) is 7.00. The van der Waals surface area contributed by atoms with Crippen molar-refractivity contribution in [2.24, 2.45) is 0 Å². The molecule has 0 aromatic heterocycles. The molecule has 100 valence electrons. The monoisotopic (exact) mass is 240 g/mol. The minimum Gasteiger partial charge on any atom is -0.301 e. The number of hydrogen-bond donors (Lipinski definition) is 2. The fourth-order valence-corrected chi connectivity index (χ4v) is 2.70. The summed E-state index contributed by atoms with van der Waals surface area (Å²) in [6, 6.07) is 0. The third-order valence-electron chi connectivity index (χ3n) is 3.90. The minimum atomic E-state index is 0.327. The van der Waals surface area contributed by atoms with Gasteiger partial charge < -0.3 is 10.6 Å². The summed E-state index contributed by atoms with van der Waals surface area (Å²) < 4.78 is 0. The van der Waals surface area contributed by atoms with Crippen molar-refractivity contribution < 1.29 is 0 Å². The molecule has 0 unspecified atom stereocenters. The Morgan fingerprint density at radius 1 is 1.00 bits per heavy atom. The van der Waals surface area contributed by atoms with Crippen LogP contribution >= 0.6 is 0 Å². The van der Waals surface area contributed by atoms with Crippen LogP contribution in [-0.2, 0) is 0 Å². The second kappa shape index (κ2) is 5.65. The maximum absolute atomic E-state index is 3.54. The van der Waals surface area contributed by atoms with Crippen LogP contribution in [0.5, 0.6) is 0 Å². The van der Waals surface area contributed by atoms with Crippen LogP contribution in [0.1, 0.15) is 27.2 Å². The molecular weight excluding hydrogens is 212 g/mol. The van der Waals surface area contributed by atoms with Crippen molar-refractivity contribution >= 4 is 0 Å². The summed E-state index contributed by atoms with van der Waals surface area (Å²) >= 11 is 0. The maximum Gasteiger partial charge on any atom is 0.0703 e. The molecule has 0 bridgehead atoms. The van der Waals surface area contributed by atoms with Crippen molar-refractivity contribution in [3.05, 3.63) is 0 Å². The van der Waals surface area contributed by atoms with E-state index >= 15 is 0 Å². The molecule has 2 aliphatic heterocycles. The summed E-state index contributed by atoms with van der Waals surface area (Å²) in [7, 11) is 0. The van der Waals surface area contributed by atoms with Gasteiger partial charge in [-0.3, -0.25) is 9.80 Å². The van der Waals surface area contributed by atoms with Gasteiger partial charge in [-0.05, 0) is 40.3 Å². The maximum atomic E-state index is 3.54. The fourth-order valence-electron chi connectivity index (χ4n) is 2.70. The smallest absolute Gasteiger partial charge is 0.0703 e. The molecule has 0 saturated carbocycles. The average molecular weight is 240 g/mol. The Bertz CT molecular complexity index is 222. The molecule has 0 amide bonds. The molecule has 2 saturated heterocycles. The normalized spacial score (nSPS) is 26.3. The largest absolute Gasteiger partial charge is 0.301 e. The summed E-state index contributed by atoms with van der Waals surface area (Å²) in [5.74, 6) is 0. The van der Waals surface area contributed by atoms with E-state index in [1.165, 1.54) is 45.7 Å². The average Bonchev–Trinajstić information content (AvgIpc) is 2.30. The summed E-state index contributed by atoms with van der Waals surface area (Å²) in [6.07, 6.45) is 1.76. The van der Waals surface area contributed by atoms with Crippen molar-refractivity contribution in [3.63, 3.8) is 0 Å². The van der Waals surface area contributed by atoms with Crippen LogP contribution in [0.4, 0.5) is 0 Å². The zero-order chi connectivity index (χ0) is 12.3. The molecule has 4 heteroatoms. The summed E-state index contributed by atoms with van der Waals surface area (Å²) in [4.78, 5) is 5.17. The highest BCUT2D eigenvalue weighted by molar-refractivity contribution is 4.83. The van der Waals surface area contributed by atoms with Crippen LogP contribution in [0, 0.1) is 0 Å². The topological polar surface area (TPSA) is 30.5 Å². The predicted molar refractivity (Wildman–Crippen MR) is 72.2 cm³/mol. The van der Waals surface area contributed by atoms with Gasteiger partial charge in [-0.2, -0.15) is 0 Å². The highest BCUT2D eigenvalue weighted by Crippen LogP contribution is 2.15. The van der Waals surface area contributed by atoms with Gasteiger partial charge in [-0.1, -0.05) is 0 Å². The van der Waals surface area contributed by atoms with E-state index in [0.29, 0.717) is 11.7 Å². The Balaban J connectivity index is 1.71. The van der Waals surface area contributed by atoms with Crippen molar-refractivity contribution in [1.29, 1.82) is 0 Å². The standard InChI is InChI=1S/C13H28N4/c1-13(2,3)17-9-7-16(8-10-17)11-12-14-5-4-6-15-12/h12,14-15H,4-11H2,1-3H3. The minimum absolute atomic E-state index is 0.327. The van der Waals surface area contributed by atoms with Crippen LogP contribution in [0.25, 0.3) is 0 Å². The van der Waals surface area contributed by atoms with E-state index in [1.54, 1.807) is 0 Å². The van der Waals surface area contributed by atoms with E-state index in [1.807, 2.05) is 0 Å². The van der Waals surface area contributed by atoms with E-state index in [2.05, 4.69) is 41.2 Å². The predicted octanol–water partition coefficient (Wildman–Crippen LogP) is 0.312. The first-order chi connectivity index (χ1) is 8.05. The zero-order valence-corrected chi connectivity index (χ0v) is 11.6. The highest BCUT2D eigenvalue weighted by atomic mass is 15.3. The summed E-state index contributed by atoms with van der Waals surface area (Å²) in [5, 5.41) is 7.08. The zero-order valence-electron chi connectivity index (χ0n) is 11.6. The third kappa shape index (κ3) is 3.91. The van der Waals surface area contributed by atoms with Gasteiger partial charge in [-0.15, -0.1) is 0 Å². The number of hydrogen-bond acceptors (Lipinski definition) is 4. The van der Waals surface area contributed by atoms with Crippen molar-refractivity contribution in [2.75, 3.05) is 45.8 Å². The Labute approximate surface area is 106 Å². The number of piperazine rings is 1. The van der Waals surface area contributed by atoms with Gasteiger partial charge in [-0.25, -0.2) is 0 Å². The molecule has 0 atom stereocenters. The summed E-state index contributed by atoms with van der Waals surface area (Å²) in [6.45, 7) is 15.2. The van der Waals surface area contributed by atoms with Gasteiger partial charge in [0.25, 0.3) is 0 Å². The Morgan fingerprint density at radius 2 is 1.59 bits per heavy atom. The van der Waals surface area contributed by atoms with E-state index in [-0.39, 0.29) is 0 Å². The number of nitrogens with one attached hydrogen (secondary N) is 2. The highest BCUT2D eigenvalue weighted by Gasteiger charge is 2.26. The van der Waals surface area contributed by atoms with Crippen LogP contribution in [-0.4, -0.2) is 67.3 Å². The van der Waals surface area contributed by atoms with Crippen molar-refractivity contribution in [3.8, 4) is 0 Å². The molecule has 2 N–H and O–H groups in total. The third-order valence-corrected chi connectivity index (χ3v) is 3.90. The van der Waals surface area contributed by atoms with Crippen molar-refractivity contribution in [1.82, 2.24) is 20.4 Å². The molecule has 0 aliphatic carbocycles. The second-order valence-electron chi connectivity index (χ2n) is 6.27. The molecule has 4 nitrogen and oxygen atoms in total. The van der Waals surface area contributed by atoms with Gasteiger partial charge in [0.05, 0.1) is 6.17 Å².